The topological polar surface area (TPSA) is 81.3 Å². The highest BCUT2D eigenvalue weighted by atomic mass is 79.9. The van der Waals surface area contributed by atoms with Gasteiger partial charge < -0.3 is 9.88 Å². The van der Waals surface area contributed by atoms with Crippen molar-refractivity contribution in [3.05, 3.63) is 105 Å². The van der Waals surface area contributed by atoms with Gasteiger partial charge >= 0.3 is 0 Å². The summed E-state index contributed by atoms with van der Waals surface area (Å²) in [5, 5.41) is 8.74. The van der Waals surface area contributed by atoms with Crippen LogP contribution in [0.4, 0.5) is 10.1 Å². The maximum absolute atomic E-state index is 13.4. The minimum Gasteiger partial charge on any atom is -0.337 e. The van der Waals surface area contributed by atoms with Crippen LogP contribution in [0.25, 0.3) is 21.8 Å². The van der Waals surface area contributed by atoms with Crippen molar-refractivity contribution in [2.24, 2.45) is 5.10 Å². The number of amides is 1. The SMILES string of the molecule is CCCCc1nc2ccc(Br)cc2c(=O)n1N=Cc1cn(CC(=O)Nc2ccc(F)cc2)c2ccccc12. The zero-order valence-electron chi connectivity index (χ0n) is 20.7. The zero-order chi connectivity index (χ0) is 26.6. The molecule has 3 aromatic carbocycles. The molecule has 9 heteroatoms. The molecule has 0 saturated heterocycles. The van der Waals surface area contributed by atoms with Gasteiger partial charge in [0.2, 0.25) is 5.91 Å². The molecule has 0 radical (unpaired) electrons. The van der Waals surface area contributed by atoms with Gasteiger partial charge in [0, 0.05) is 39.2 Å². The van der Waals surface area contributed by atoms with Crippen LogP contribution >= 0.6 is 15.9 Å². The van der Waals surface area contributed by atoms with Gasteiger partial charge in [0.25, 0.3) is 5.56 Å². The van der Waals surface area contributed by atoms with E-state index in [9.17, 15) is 14.0 Å². The van der Waals surface area contributed by atoms with Crippen LogP contribution in [0.15, 0.2) is 87.3 Å². The quantitative estimate of drug-likeness (QED) is 0.227. The summed E-state index contributed by atoms with van der Waals surface area (Å²) < 4.78 is 17.2. The van der Waals surface area contributed by atoms with Crippen molar-refractivity contribution in [1.29, 1.82) is 0 Å². The largest absolute Gasteiger partial charge is 0.337 e. The molecular weight excluding hydrogens is 549 g/mol. The third kappa shape index (κ3) is 5.43. The minimum atomic E-state index is -0.366. The van der Waals surface area contributed by atoms with Gasteiger partial charge in [-0.15, -0.1) is 0 Å². The molecule has 1 amide bonds. The number of rotatable bonds is 8. The van der Waals surface area contributed by atoms with Crippen molar-refractivity contribution in [3.8, 4) is 0 Å². The lowest BCUT2D eigenvalue weighted by Crippen LogP contribution is -2.22. The van der Waals surface area contributed by atoms with E-state index in [1.54, 1.807) is 12.3 Å². The zero-order valence-corrected chi connectivity index (χ0v) is 22.3. The van der Waals surface area contributed by atoms with Gasteiger partial charge in [-0.05, 0) is 55.0 Å². The minimum absolute atomic E-state index is 0.0545. The molecule has 38 heavy (non-hydrogen) atoms. The number of anilines is 1. The number of unbranched alkanes of at least 4 members (excludes halogenated alkanes) is 1. The van der Waals surface area contributed by atoms with Crippen LogP contribution in [0.2, 0.25) is 0 Å². The molecule has 2 aromatic heterocycles. The van der Waals surface area contributed by atoms with Crippen LogP contribution in [0.3, 0.4) is 0 Å². The van der Waals surface area contributed by atoms with E-state index in [0.29, 0.717) is 28.8 Å². The first kappa shape index (κ1) is 25.5. The Balaban J connectivity index is 1.50. The average Bonchev–Trinajstić information content (AvgIpc) is 3.26. The summed E-state index contributed by atoms with van der Waals surface area (Å²) in [7, 11) is 0. The fourth-order valence-electron chi connectivity index (χ4n) is 4.33. The molecule has 0 aliphatic carbocycles. The number of hydrogen-bond acceptors (Lipinski definition) is 4. The van der Waals surface area contributed by atoms with Crippen LogP contribution in [-0.4, -0.2) is 26.3 Å². The Hall–Kier alpha value is -4.11. The summed E-state index contributed by atoms with van der Waals surface area (Å²) >= 11 is 3.43. The number of carbonyl (C=O) groups excluding carboxylic acids is 1. The molecule has 5 rings (SSSR count). The van der Waals surface area contributed by atoms with Gasteiger partial charge in [0.15, 0.2) is 0 Å². The number of aromatic nitrogens is 3. The van der Waals surface area contributed by atoms with E-state index in [-0.39, 0.29) is 23.8 Å². The number of nitrogens with zero attached hydrogens (tertiary/aromatic N) is 4. The second-order valence-electron chi connectivity index (χ2n) is 8.94. The molecule has 0 bridgehead atoms. The highest BCUT2D eigenvalue weighted by Crippen LogP contribution is 2.21. The Labute approximate surface area is 226 Å². The third-order valence-electron chi connectivity index (χ3n) is 6.20. The molecular formula is C29H25BrFN5O2. The van der Waals surface area contributed by atoms with E-state index in [1.165, 1.54) is 28.9 Å². The number of carbonyl (C=O) groups is 1. The third-order valence-corrected chi connectivity index (χ3v) is 6.70. The van der Waals surface area contributed by atoms with Gasteiger partial charge in [0.1, 0.15) is 18.2 Å². The van der Waals surface area contributed by atoms with Gasteiger partial charge in [-0.1, -0.05) is 47.5 Å². The van der Waals surface area contributed by atoms with Crippen LogP contribution in [-0.2, 0) is 17.8 Å². The summed E-state index contributed by atoms with van der Waals surface area (Å²) in [5.74, 6) is -0.0110. The molecule has 0 spiro atoms. The van der Waals surface area contributed by atoms with Crippen molar-refractivity contribution in [3.63, 3.8) is 0 Å². The first-order chi connectivity index (χ1) is 18.4. The van der Waals surface area contributed by atoms with Crippen LogP contribution in [0, 0.1) is 5.82 Å². The molecule has 0 unspecified atom stereocenters. The van der Waals surface area contributed by atoms with Gasteiger partial charge in [0.05, 0.1) is 17.1 Å². The normalized spacial score (nSPS) is 11.6. The van der Waals surface area contributed by atoms with E-state index < -0.39 is 0 Å². The summed E-state index contributed by atoms with van der Waals surface area (Å²) in [5.41, 5.74) is 2.53. The number of aryl methyl sites for hydroxylation is 1. The molecule has 0 aliphatic heterocycles. The first-order valence-corrected chi connectivity index (χ1v) is 13.1. The second kappa shape index (κ2) is 11.1. The summed E-state index contributed by atoms with van der Waals surface area (Å²) in [6.07, 6.45) is 5.94. The standard InChI is InChI=1S/C29H25BrFN5O2/c1-2-3-8-27-34-25-14-9-20(30)15-24(25)29(38)36(27)32-16-19-17-35(26-7-5-4-6-23(19)26)18-28(37)33-22-12-10-21(31)11-13-22/h4-7,9-17H,2-3,8,18H2,1H3,(H,33,37). The molecule has 192 valence electrons. The van der Waals surface area contributed by atoms with Crippen molar-refractivity contribution in [2.75, 3.05) is 5.32 Å². The molecule has 1 N–H and O–H groups in total. The molecule has 2 heterocycles. The molecule has 5 aromatic rings. The number of halogens is 2. The number of benzene rings is 3. The molecule has 0 aliphatic rings. The lowest BCUT2D eigenvalue weighted by Gasteiger charge is -2.09. The predicted molar refractivity (Wildman–Crippen MR) is 152 cm³/mol. The highest BCUT2D eigenvalue weighted by molar-refractivity contribution is 9.10. The van der Waals surface area contributed by atoms with E-state index in [1.807, 2.05) is 47.2 Å². The lowest BCUT2D eigenvalue weighted by atomic mass is 10.2. The van der Waals surface area contributed by atoms with Crippen molar-refractivity contribution < 1.29 is 9.18 Å². The number of para-hydroxylation sites is 1. The summed E-state index contributed by atoms with van der Waals surface area (Å²) in [6.45, 7) is 2.14. The van der Waals surface area contributed by atoms with E-state index in [0.717, 1.165) is 33.8 Å². The van der Waals surface area contributed by atoms with Crippen LogP contribution in [0.1, 0.15) is 31.2 Å². The van der Waals surface area contributed by atoms with E-state index in [4.69, 9.17) is 4.98 Å². The first-order valence-electron chi connectivity index (χ1n) is 12.3. The van der Waals surface area contributed by atoms with Crippen molar-refractivity contribution in [2.45, 2.75) is 32.7 Å². The monoisotopic (exact) mass is 573 g/mol. The van der Waals surface area contributed by atoms with Gasteiger partial charge in [-0.25, -0.2) is 9.37 Å². The fourth-order valence-corrected chi connectivity index (χ4v) is 4.69. The van der Waals surface area contributed by atoms with Crippen molar-refractivity contribution in [1.82, 2.24) is 14.2 Å². The number of fused-ring (bicyclic) bond motifs is 2. The maximum Gasteiger partial charge on any atom is 0.282 e. The Kier molecular flexibility index (Phi) is 7.46. The molecule has 0 atom stereocenters. The summed E-state index contributed by atoms with van der Waals surface area (Å²) in [4.78, 5) is 30.9. The average molecular weight is 574 g/mol. The summed E-state index contributed by atoms with van der Waals surface area (Å²) in [6, 6.07) is 18.8. The maximum atomic E-state index is 13.4. The van der Waals surface area contributed by atoms with Gasteiger partial charge in [-0.2, -0.15) is 9.78 Å². The van der Waals surface area contributed by atoms with Crippen molar-refractivity contribution >= 4 is 55.5 Å². The predicted octanol–water partition coefficient (Wildman–Crippen LogP) is 6.12. The van der Waals surface area contributed by atoms with E-state index >= 15 is 0 Å². The Morgan fingerprint density at radius 1 is 1.11 bits per heavy atom. The number of hydrogen-bond donors (Lipinski definition) is 1. The highest BCUT2D eigenvalue weighted by Gasteiger charge is 2.13. The molecule has 0 fully saturated rings. The second-order valence-corrected chi connectivity index (χ2v) is 9.85. The lowest BCUT2D eigenvalue weighted by molar-refractivity contribution is -0.116. The fraction of sp³-hybridized carbons (Fsp3) is 0.172. The van der Waals surface area contributed by atoms with E-state index in [2.05, 4.69) is 33.3 Å². The molecule has 0 saturated carbocycles. The van der Waals surface area contributed by atoms with Crippen LogP contribution in [0.5, 0.6) is 0 Å². The smallest absolute Gasteiger partial charge is 0.282 e. The van der Waals surface area contributed by atoms with Gasteiger partial charge in [-0.3, -0.25) is 9.59 Å². The Bertz CT molecular complexity index is 1720. The Morgan fingerprint density at radius 3 is 2.68 bits per heavy atom. The van der Waals surface area contributed by atoms with Crippen LogP contribution < -0.4 is 10.9 Å². The Morgan fingerprint density at radius 2 is 1.89 bits per heavy atom. The molecule has 7 nitrogen and oxygen atoms in total. The number of nitrogens with one attached hydrogen (secondary N) is 1.